The maximum Gasteiger partial charge on any atom is 0.0210 e. The average molecular weight is 165 g/mol. The Morgan fingerprint density at radius 3 is 2.92 bits per heavy atom. The zero-order valence-corrected chi connectivity index (χ0v) is 8.21. The molecule has 0 aromatic carbocycles. The number of hydrogen-bond acceptors (Lipinski definition) is 1. The van der Waals surface area contributed by atoms with Gasteiger partial charge in [0.1, 0.15) is 0 Å². The van der Waals surface area contributed by atoms with Crippen LogP contribution in [0, 0.1) is 11.8 Å². The Morgan fingerprint density at radius 1 is 1.25 bits per heavy atom. The Hall–Kier alpha value is -0.0400. The van der Waals surface area contributed by atoms with Gasteiger partial charge >= 0.3 is 0 Å². The second kappa shape index (κ2) is 2.06. The molecule has 1 heteroatoms. The van der Waals surface area contributed by atoms with Crippen LogP contribution in [0.25, 0.3) is 0 Å². The van der Waals surface area contributed by atoms with E-state index in [2.05, 4.69) is 18.9 Å². The van der Waals surface area contributed by atoms with Crippen LogP contribution >= 0.6 is 0 Å². The highest BCUT2D eigenvalue weighted by Crippen LogP contribution is 2.55. The third kappa shape index (κ3) is 0.654. The Morgan fingerprint density at radius 2 is 2.08 bits per heavy atom. The molecule has 68 valence electrons. The van der Waals surface area contributed by atoms with E-state index in [1.54, 1.807) is 6.42 Å². The van der Waals surface area contributed by atoms with Crippen molar-refractivity contribution in [2.75, 3.05) is 7.05 Å². The number of nitrogens with zero attached hydrogens (tertiary/aromatic N) is 1. The van der Waals surface area contributed by atoms with Gasteiger partial charge in [0.2, 0.25) is 0 Å². The van der Waals surface area contributed by atoms with Crippen LogP contribution < -0.4 is 0 Å². The van der Waals surface area contributed by atoms with Gasteiger partial charge in [-0.25, -0.2) is 0 Å². The molecule has 3 rings (SSSR count). The minimum absolute atomic E-state index is 0.595. The molecule has 0 spiro atoms. The molecule has 3 fully saturated rings. The van der Waals surface area contributed by atoms with Gasteiger partial charge in [-0.3, -0.25) is 4.90 Å². The minimum atomic E-state index is 0.595. The standard InChI is InChI=1S/C11H19N/c1-11-6-5-10(12(11)2)8-3-4-9(11)7-8/h8-10H,3-7H2,1-2H3. The Kier molecular flexibility index (Phi) is 1.27. The molecule has 1 aliphatic carbocycles. The van der Waals surface area contributed by atoms with E-state index >= 15 is 0 Å². The maximum atomic E-state index is 2.71. The van der Waals surface area contributed by atoms with Crippen LogP contribution in [-0.4, -0.2) is 23.5 Å². The van der Waals surface area contributed by atoms with E-state index in [1.165, 1.54) is 25.7 Å². The monoisotopic (exact) mass is 165 g/mol. The summed E-state index contributed by atoms with van der Waals surface area (Å²) < 4.78 is 0. The summed E-state index contributed by atoms with van der Waals surface area (Å²) >= 11 is 0. The summed E-state index contributed by atoms with van der Waals surface area (Å²) in [6.07, 6.45) is 7.53. The van der Waals surface area contributed by atoms with Crippen molar-refractivity contribution in [1.82, 2.24) is 4.90 Å². The van der Waals surface area contributed by atoms with Gasteiger partial charge in [-0.2, -0.15) is 0 Å². The maximum absolute atomic E-state index is 2.71. The zero-order chi connectivity index (χ0) is 8.34. The second-order valence-electron chi connectivity index (χ2n) is 5.34. The van der Waals surface area contributed by atoms with E-state index in [4.69, 9.17) is 0 Å². The Balaban J connectivity index is 2.03. The molecule has 0 amide bonds. The second-order valence-corrected chi connectivity index (χ2v) is 5.34. The fourth-order valence-electron chi connectivity index (χ4n) is 4.16. The lowest BCUT2D eigenvalue weighted by Crippen LogP contribution is -2.51. The quantitative estimate of drug-likeness (QED) is 0.532. The number of piperidine rings is 1. The molecular formula is C11H19N. The van der Waals surface area contributed by atoms with Crippen molar-refractivity contribution in [3.05, 3.63) is 0 Å². The van der Waals surface area contributed by atoms with E-state index in [1.807, 2.05) is 0 Å². The molecule has 4 atom stereocenters. The predicted octanol–water partition coefficient (Wildman–Crippen LogP) is 2.27. The van der Waals surface area contributed by atoms with Crippen LogP contribution in [0.4, 0.5) is 0 Å². The summed E-state index contributed by atoms with van der Waals surface area (Å²) in [7, 11) is 2.36. The molecule has 4 unspecified atom stereocenters. The molecule has 12 heavy (non-hydrogen) atoms. The summed E-state index contributed by atoms with van der Waals surface area (Å²) in [6, 6.07) is 0.953. The van der Waals surface area contributed by atoms with Gasteiger partial charge in [0.25, 0.3) is 0 Å². The SMILES string of the molecule is CN1C2CCC1(C)C1CCC2C1. The molecule has 2 saturated heterocycles. The van der Waals surface area contributed by atoms with E-state index in [0.29, 0.717) is 5.54 Å². The predicted molar refractivity (Wildman–Crippen MR) is 50.0 cm³/mol. The summed E-state index contributed by atoms with van der Waals surface area (Å²) in [5, 5.41) is 0. The van der Waals surface area contributed by atoms with Crippen molar-refractivity contribution in [1.29, 1.82) is 0 Å². The van der Waals surface area contributed by atoms with Crippen molar-refractivity contribution >= 4 is 0 Å². The number of rotatable bonds is 0. The van der Waals surface area contributed by atoms with E-state index < -0.39 is 0 Å². The van der Waals surface area contributed by atoms with Crippen molar-refractivity contribution < 1.29 is 0 Å². The summed E-state index contributed by atoms with van der Waals surface area (Å²) in [6.45, 7) is 2.50. The molecule has 1 saturated carbocycles. The van der Waals surface area contributed by atoms with Gasteiger partial charge in [-0.15, -0.1) is 0 Å². The first-order valence-corrected chi connectivity index (χ1v) is 5.45. The van der Waals surface area contributed by atoms with Gasteiger partial charge in [0, 0.05) is 11.6 Å². The first-order valence-electron chi connectivity index (χ1n) is 5.45. The minimum Gasteiger partial charge on any atom is -0.297 e. The molecule has 0 radical (unpaired) electrons. The highest BCUT2D eigenvalue weighted by Gasteiger charge is 2.55. The van der Waals surface area contributed by atoms with Gasteiger partial charge in [-0.05, 0) is 57.9 Å². The topological polar surface area (TPSA) is 3.24 Å². The van der Waals surface area contributed by atoms with Crippen LogP contribution in [0.2, 0.25) is 0 Å². The molecule has 0 aromatic rings. The van der Waals surface area contributed by atoms with E-state index in [0.717, 1.165) is 17.9 Å². The van der Waals surface area contributed by atoms with Crippen LogP contribution in [0.5, 0.6) is 0 Å². The Labute approximate surface area is 75.1 Å². The lowest BCUT2D eigenvalue weighted by Gasteiger charge is -2.45. The van der Waals surface area contributed by atoms with Crippen LogP contribution in [0.1, 0.15) is 39.0 Å². The van der Waals surface area contributed by atoms with E-state index in [9.17, 15) is 0 Å². The van der Waals surface area contributed by atoms with Crippen LogP contribution in [-0.2, 0) is 0 Å². The highest BCUT2D eigenvalue weighted by atomic mass is 15.2. The molecule has 1 nitrogen and oxygen atoms in total. The van der Waals surface area contributed by atoms with Gasteiger partial charge in [0.15, 0.2) is 0 Å². The smallest absolute Gasteiger partial charge is 0.0210 e. The Bertz CT molecular complexity index is 209. The normalized spacial score (nSPS) is 58.0. The lowest BCUT2D eigenvalue weighted by atomic mass is 9.81. The van der Waals surface area contributed by atoms with Crippen molar-refractivity contribution in [2.45, 2.75) is 50.6 Å². The average Bonchev–Trinajstić information content (AvgIpc) is 2.53. The van der Waals surface area contributed by atoms with Crippen LogP contribution in [0.3, 0.4) is 0 Å². The van der Waals surface area contributed by atoms with Gasteiger partial charge in [-0.1, -0.05) is 0 Å². The molecule has 0 N–H and O–H groups in total. The van der Waals surface area contributed by atoms with Crippen molar-refractivity contribution in [3.63, 3.8) is 0 Å². The van der Waals surface area contributed by atoms with E-state index in [-0.39, 0.29) is 0 Å². The third-order valence-electron chi connectivity index (χ3n) is 5.15. The first-order chi connectivity index (χ1) is 5.72. The number of hydrogen-bond donors (Lipinski definition) is 0. The molecule has 2 heterocycles. The summed E-state index contributed by atoms with van der Waals surface area (Å²) in [5.41, 5.74) is 0.595. The lowest BCUT2D eigenvalue weighted by molar-refractivity contribution is 0.0393. The molecule has 4 bridgehead atoms. The fraction of sp³-hybridized carbons (Fsp3) is 1.00. The van der Waals surface area contributed by atoms with Gasteiger partial charge < -0.3 is 0 Å². The molecule has 3 aliphatic rings. The van der Waals surface area contributed by atoms with Crippen molar-refractivity contribution in [2.24, 2.45) is 11.8 Å². The first kappa shape index (κ1) is 7.37. The summed E-state index contributed by atoms with van der Waals surface area (Å²) in [4.78, 5) is 2.71. The molecule has 2 aliphatic heterocycles. The third-order valence-corrected chi connectivity index (χ3v) is 5.15. The molecular weight excluding hydrogens is 146 g/mol. The highest BCUT2D eigenvalue weighted by molar-refractivity contribution is 5.10. The molecule has 0 aromatic heterocycles. The largest absolute Gasteiger partial charge is 0.297 e. The van der Waals surface area contributed by atoms with Gasteiger partial charge in [0.05, 0.1) is 0 Å². The fourth-order valence-corrected chi connectivity index (χ4v) is 4.16. The van der Waals surface area contributed by atoms with Crippen LogP contribution in [0.15, 0.2) is 0 Å². The number of fused-ring (bicyclic) bond motifs is 6. The van der Waals surface area contributed by atoms with Crippen molar-refractivity contribution in [3.8, 4) is 0 Å². The summed E-state index contributed by atoms with van der Waals surface area (Å²) in [5.74, 6) is 2.10. The zero-order valence-electron chi connectivity index (χ0n) is 8.21.